The van der Waals surface area contributed by atoms with E-state index in [0.717, 1.165) is 10.4 Å². The van der Waals surface area contributed by atoms with Crippen LogP contribution in [0.5, 0.6) is 5.75 Å². The summed E-state index contributed by atoms with van der Waals surface area (Å²) in [7, 11) is -3.80. The number of aryl methyl sites for hydroxylation is 2. The molecule has 0 atom stereocenters. The molecule has 0 aliphatic carbocycles. The molecule has 1 N–H and O–H groups in total. The van der Waals surface area contributed by atoms with Crippen LogP contribution < -0.4 is 9.46 Å². The van der Waals surface area contributed by atoms with Gasteiger partial charge in [0.1, 0.15) is 10.6 Å². The number of sulfonamides is 1. The van der Waals surface area contributed by atoms with Crippen molar-refractivity contribution in [2.75, 3.05) is 11.3 Å². The van der Waals surface area contributed by atoms with E-state index in [4.69, 9.17) is 9.26 Å². The fraction of sp³-hybridized carbons (Fsp3) is 0.235. The average Bonchev–Trinajstić information content (AvgIpc) is 3.32. The third kappa shape index (κ3) is 3.60. The zero-order chi connectivity index (χ0) is 19.9. The number of ether oxygens (including phenoxy) is 1. The van der Waals surface area contributed by atoms with Crippen LogP contribution in [0.4, 0.5) is 5.13 Å². The van der Waals surface area contributed by atoms with Crippen molar-refractivity contribution in [3.8, 4) is 16.5 Å². The number of fused-ring (bicyclic) bond motifs is 1. The van der Waals surface area contributed by atoms with Crippen LogP contribution in [0.25, 0.3) is 20.9 Å². The molecule has 0 saturated heterocycles. The number of hydrogen-bond acceptors (Lipinski definition) is 9. The van der Waals surface area contributed by atoms with Crippen LogP contribution in [0.2, 0.25) is 0 Å². The number of anilines is 1. The van der Waals surface area contributed by atoms with Gasteiger partial charge in [-0.3, -0.25) is 4.72 Å². The Hall–Kier alpha value is -2.50. The van der Waals surface area contributed by atoms with Gasteiger partial charge in [-0.1, -0.05) is 16.5 Å². The highest BCUT2D eigenvalue weighted by atomic mass is 32.2. The highest BCUT2D eigenvalue weighted by Crippen LogP contribution is 2.35. The normalized spacial score (nSPS) is 11.8. The molecular weight excluding hydrogens is 420 g/mol. The van der Waals surface area contributed by atoms with Gasteiger partial charge >= 0.3 is 0 Å². The van der Waals surface area contributed by atoms with Gasteiger partial charge in [0.05, 0.1) is 21.7 Å². The first kappa shape index (κ1) is 18.8. The molecule has 3 aromatic heterocycles. The number of hydrogen-bond donors (Lipinski definition) is 1. The number of rotatable bonds is 6. The number of benzene rings is 1. The molecular formula is C17H16N4O4S3. The topological polar surface area (TPSA) is 107 Å². The van der Waals surface area contributed by atoms with Crippen molar-refractivity contribution in [2.45, 2.75) is 25.7 Å². The van der Waals surface area contributed by atoms with Crippen molar-refractivity contribution in [1.82, 2.24) is 15.1 Å². The lowest BCUT2D eigenvalue weighted by Crippen LogP contribution is -2.12. The summed E-state index contributed by atoms with van der Waals surface area (Å²) in [6.07, 6.45) is 0. The summed E-state index contributed by atoms with van der Waals surface area (Å²) >= 11 is 2.55. The molecule has 0 aliphatic heterocycles. The third-order valence-corrected chi connectivity index (χ3v) is 7.51. The molecule has 0 aliphatic rings. The van der Waals surface area contributed by atoms with Gasteiger partial charge in [-0.2, -0.15) is 4.98 Å². The largest absolute Gasteiger partial charge is 0.494 e. The van der Waals surface area contributed by atoms with Crippen molar-refractivity contribution in [3.05, 3.63) is 35.0 Å². The van der Waals surface area contributed by atoms with Crippen molar-refractivity contribution >= 4 is 48.0 Å². The lowest BCUT2D eigenvalue weighted by molar-refractivity contribution is 0.341. The first-order valence-corrected chi connectivity index (χ1v) is 11.4. The summed E-state index contributed by atoms with van der Waals surface area (Å²) in [4.78, 5) is 9.93. The van der Waals surface area contributed by atoms with Crippen molar-refractivity contribution in [3.63, 3.8) is 0 Å². The average molecular weight is 437 g/mol. The van der Waals surface area contributed by atoms with Gasteiger partial charge in [0.25, 0.3) is 10.0 Å². The Kier molecular flexibility index (Phi) is 4.81. The van der Waals surface area contributed by atoms with Gasteiger partial charge < -0.3 is 9.26 Å². The minimum absolute atomic E-state index is 0.171. The summed E-state index contributed by atoms with van der Waals surface area (Å²) in [5.74, 6) is 1.52. The third-order valence-electron chi connectivity index (χ3n) is 3.80. The Labute approximate surface area is 169 Å². The minimum Gasteiger partial charge on any atom is -0.494 e. The maximum atomic E-state index is 12.9. The molecule has 3 heterocycles. The van der Waals surface area contributed by atoms with Crippen LogP contribution in [-0.2, 0) is 10.0 Å². The molecule has 0 saturated carbocycles. The first-order chi connectivity index (χ1) is 13.4. The van der Waals surface area contributed by atoms with Crippen LogP contribution in [0.3, 0.4) is 0 Å². The van der Waals surface area contributed by atoms with Gasteiger partial charge in [0, 0.05) is 11.8 Å². The van der Waals surface area contributed by atoms with Gasteiger partial charge in [0.2, 0.25) is 11.7 Å². The Morgan fingerprint density at radius 3 is 2.71 bits per heavy atom. The van der Waals surface area contributed by atoms with Gasteiger partial charge in [-0.25, -0.2) is 13.4 Å². The SMILES string of the molecule is CCOc1ccc2nc(NS(=O)(=O)c3cc(-c4noc(C)n4)sc3C)sc2c1. The molecule has 0 spiro atoms. The molecule has 28 heavy (non-hydrogen) atoms. The second-order valence-electron chi connectivity index (χ2n) is 5.86. The molecule has 0 radical (unpaired) electrons. The molecule has 0 unspecified atom stereocenters. The highest BCUT2D eigenvalue weighted by Gasteiger charge is 2.23. The Morgan fingerprint density at radius 1 is 1.18 bits per heavy atom. The number of nitrogens with zero attached hydrogens (tertiary/aromatic N) is 3. The molecule has 1 aromatic carbocycles. The fourth-order valence-electron chi connectivity index (χ4n) is 2.62. The molecule has 4 rings (SSSR count). The molecule has 146 valence electrons. The molecule has 8 nitrogen and oxygen atoms in total. The van der Waals surface area contributed by atoms with E-state index in [1.807, 2.05) is 19.1 Å². The minimum atomic E-state index is -3.80. The zero-order valence-electron chi connectivity index (χ0n) is 15.2. The second kappa shape index (κ2) is 7.15. The van der Waals surface area contributed by atoms with Gasteiger partial charge in [0.15, 0.2) is 5.13 Å². The summed E-state index contributed by atoms with van der Waals surface area (Å²) < 4.78 is 39.6. The molecule has 0 fully saturated rings. The van der Waals surface area contributed by atoms with E-state index < -0.39 is 10.0 Å². The quantitative estimate of drug-likeness (QED) is 0.482. The van der Waals surface area contributed by atoms with Crippen molar-refractivity contribution < 1.29 is 17.7 Å². The smallest absolute Gasteiger partial charge is 0.264 e. The Bertz CT molecular complexity index is 1260. The van der Waals surface area contributed by atoms with E-state index in [0.29, 0.717) is 38.7 Å². The summed E-state index contributed by atoms with van der Waals surface area (Å²) in [6.45, 7) is 5.88. The van der Waals surface area contributed by atoms with E-state index in [1.54, 1.807) is 26.0 Å². The standard InChI is InChI=1S/C17H16N4O4S3/c1-4-24-11-5-6-12-13(7-11)27-17(19-12)21-28(22,23)15-8-14(26-9(15)2)16-18-10(3)25-20-16/h5-8H,4H2,1-3H3,(H,19,21). The maximum Gasteiger partial charge on any atom is 0.264 e. The molecule has 11 heteroatoms. The van der Waals surface area contributed by atoms with Crippen LogP contribution in [-0.4, -0.2) is 30.1 Å². The zero-order valence-corrected chi connectivity index (χ0v) is 17.7. The summed E-state index contributed by atoms with van der Waals surface area (Å²) in [6, 6.07) is 7.02. The summed E-state index contributed by atoms with van der Waals surface area (Å²) in [5.41, 5.74) is 0.705. The van der Waals surface area contributed by atoms with E-state index >= 15 is 0 Å². The lowest BCUT2D eigenvalue weighted by Gasteiger charge is -2.03. The summed E-state index contributed by atoms with van der Waals surface area (Å²) in [5, 5.41) is 4.14. The van der Waals surface area contributed by atoms with Crippen LogP contribution in [0.1, 0.15) is 17.7 Å². The number of aromatic nitrogens is 3. The highest BCUT2D eigenvalue weighted by molar-refractivity contribution is 7.93. The number of thiazole rings is 1. The number of nitrogens with one attached hydrogen (secondary N) is 1. The monoisotopic (exact) mass is 436 g/mol. The Balaban J connectivity index is 1.64. The van der Waals surface area contributed by atoms with Gasteiger partial charge in [-0.05, 0) is 38.1 Å². The Morgan fingerprint density at radius 2 is 2.00 bits per heavy atom. The predicted molar refractivity (Wildman–Crippen MR) is 109 cm³/mol. The van der Waals surface area contributed by atoms with Gasteiger partial charge in [-0.15, -0.1) is 11.3 Å². The first-order valence-electron chi connectivity index (χ1n) is 8.33. The lowest BCUT2D eigenvalue weighted by atomic mass is 10.3. The van der Waals surface area contributed by atoms with Crippen molar-refractivity contribution in [1.29, 1.82) is 0 Å². The number of thiophene rings is 1. The predicted octanol–water partition coefficient (Wildman–Crippen LogP) is 4.22. The molecule has 4 aromatic rings. The van der Waals surface area contributed by atoms with Crippen LogP contribution in [0.15, 0.2) is 33.7 Å². The van der Waals surface area contributed by atoms with E-state index in [1.165, 1.54) is 22.7 Å². The van der Waals surface area contributed by atoms with Crippen LogP contribution >= 0.6 is 22.7 Å². The van der Waals surface area contributed by atoms with E-state index in [2.05, 4.69) is 19.8 Å². The molecule has 0 bridgehead atoms. The van der Waals surface area contributed by atoms with Crippen LogP contribution in [0, 0.1) is 13.8 Å². The second-order valence-corrected chi connectivity index (χ2v) is 9.79. The maximum absolute atomic E-state index is 12.9. The fourth-order valence-corrected chi connectivity index (χ4v) is 6.26. The molecule has 0 amide bonds. The van der Waals surface area contributed by atoms with E-state index in [9.17, 15) is 8.42 Å². The van der Waals surface area contributed by atoms with Crippen molar-refractivity contribution in [2.24, 2.45) is 0 Å². The van der Waals surface area contributed by atoms with E-state index in [-0.39, 0.29) is 4.90 Å².